The van der Waals surface area contributed by atoms with Crippen molar-refractivity contribution in [2.45, 2.75) is 13.0 Å². The minimum Gasteiger partial charge on any atom is -0.497 e. The number of halogens is 1. The molecule has 0 radical (unpaired) electrons. The van der Waals surface area contributed by atoms with E-state index < -0.39 is 6.04 Å². The largest absolute Gasteiger partial charge is 0.497 e. The maximum absolute atomic E-state index is 12.6. The first-order valence-corrected chi connectivity index (χ1v) is 8.39. The Labute approximate surface area is 155 Å². The number of ether oxygens (including phenoxy) is 1. The molecular weight excluding hydrogens is 354 g/mol. The Balaban J connectivity index is 1.94. The molecule has 1 heterocycles. The normalized spacial score (nSPS) is 12.0. The number of aromatic nitrogens is 2. The van der Waals surface area contributed by atoms with Crippen LogP contribution in [0.2, 0.25) is 5.02 Å². The number of nitrogens with zero attached hydrogens (tertiary/aromatic N) is 2. The predicted molar refractivity (Wildman–Crippen MR) is 101 cm³/mol. The number of methoxy groups -OCH3 is 1. The van der Waals surface area contributed by atoms with E-state index in [1.54, 1.807) is 63.5 Å². The number of fused-ring (bicyclic) bond motifs is 1. The number of hydrogen-bond acceptors (Lipinski definition) is 4. The van der Waals surface area contributed by atoms with Crippen LogP contribution in [-0.2, 0) is 7.05 Å². The standard InChI is InChI=1S/C19H18ClN3O3/c1-11(21-18(24)12-5-4-6-14(9-12)26-3)17-22-16-10-13(20)7-8-15(16)19(25)23(17)2/h4-11H,1-3H3,(H,21,24)/t11-/m0/s1. The van der Waals surface area contributed by atoms with Gasteiger partial charge in [-0.25, -0.2) is 4.98 Å². The third kappa shape index (κ3) is 3.41. The van der Waals surface area contributed by atoms with Crippen molar-refractivity contribution in [3.05, 3.63) is 69.2 Å². The summed E-state index contributed by atoms with van der Waals surface area (Å²) in [6.07, 6.45) is 0. The van der Waals surface area contributed by atoms with E-state index in [4.69, 9.17) is 16.3 Å². The van der Waals surface area contributed by atoms with E-state index in [-0.39, 0.29) is 11.5 Å². The summed E-state index contributed by atoms with van der Waals surface area (Å²) >= 11 is 6.01. The van der Waals surface area contributed by atoms with Gasteiger partial charge in [0.25, 0.3) is 11.5 Å². The van der Waals surface area contributed by atoms with Crippen LogP contribution in [0, 0.1) is 0 Å². The van der Waals surface area contributed by atoms with E-state index in [0.29, 0.717) is 33.1 Å². The second kappa shape index (κ2) is 7.17. The van der Waals surface area contributed by atoms with Gasteiger partial charge in [0.05, 0.1) is 24.1 Å². The summed E-state index contributed by atoms with van der Waals surface area (Å²) in [6, 6.07) is 11.3. The number of hydrogen-bond donors (Lipinski definition) is 1. The van der Waals surface area contributed by atoms with Crippen molar-refractivity contribution in [3.8, 4) is 5.75 Å². The van der Waals surface area contributed by atoms with E-state index >= 15 is 0 Å². The smallest absolute Gasteiger partial charge is 0.261 e. The maximum Gasteiger partial charge on any atom is 0.261 e. The van der Waals surface area contributed by atoms with Crippen LogP contribution in [0.5, 0.6) is 5.75 Å². The zero-order chi connectivity index (χ0) is 18.8. The molecule has 1 atom stereocenters. The fraction of sp³-hybridized carbons (Fsp3) is 0.211. The van der Waals surface area contributed by atoms with Crippen LogP contribution in [0.15, 0.2) is 47.3 Å². The van der Waals surface area contributed by atoms with Gasteiger partial charge in [0.2, 0.25) is 0 Å². The molecule has 26 heavy (non-hydrogen) atoms. The fourth-order valence-corrected chi connectivity index (χ4v) is 2.92. The number of nitrogens with one attached hydrogen (secondary N) is 1. The van der Waals surface area contributed by atoms with Crippen LogP contribution in [0.25, 0.3) is 10.9 Å². The number of rotatable bonds is 4. The summed E-state index contributed by atoms with van der Waals surface area (Å²) in [7, 11) is 3.17. The minimum absolute atomic E-state index is 0.191. The average molecular weight is 372 g/mol. The lowest BCUT2D eigenvalue weighted by atomic mass is 10.1. The molecule has 7 heteroatoms. The Hall–Kier alpha value is -2.86. The Morgan fingerprint density at radius 1 is 1.27 bits per heavy atom. The highest BCUT2D eigenvalue weighted by molar-refractivity contribution is 6.31. The molecule has 0 aliphatic carbocycles. The first kappa shape index (κ1) is 17.9. The quantitative estimate of drug-likeness (QED) is 0.764. The van der Waals surface area contributed by atoms with Crippen molar-refractivity contribution < 1.29 is 9.53 Å². The molecule has 0 saturated heterocycles. The molecule has 0 saturated carbocycles. The van der Waals surface area contributed by atoms with E-state index in [2.05, 4.69) is 10.3 Å². The second-order valence-corrected chi connectivity index (χ2v) is 6.36. The Morgan fingerprint density at radius 3 is 2.77 bits per heavy atom. The highest BCUT2D eigenvalue weighted by Gasteiger charge is 2.18. The van der Waals surface area contributed by atoms with Crippen LogP contribution in [-0.4, -0.2) is 22.6 Å². The second-order valence-electron chi connectivity index (χ2n) is 5.92. The maximum atomic E-state index is 12.6. The summed E-state index contributed by atoms with van der Waals surface area (Å²) in [5.41, 5.74) is 0.771. The monoisotopic (exact) mass is 371 g/mol. The Morgan fingerprint density at radius 2 is 2.04 bits per heavy atom. The van der Waals surface area contributed by atoms with Crippen molar-refractivity contribution in [2.24, 2.45) is 7.05 Å². The van der Waals surface area contributed by atoms with E-state index in [0.717, 1.165) is 0 Å². The molecular formula is C19H18ClN3O3. The van der Waals surface area contributed by atoms with Gasteiger partial charge >= 0.3 is 0 Å². The lowest BCUT2D eigenvalue weighted by Crippen LogP contribution is -2.32. The molecule has 1 aromatic heterocycles. The molecule has 0 aliphatic heterocycles. The van der Waals surface area contributed by atoms with Crippen molar-refractivity contribution in [1.29, 1.82) is 0 Å². The topological polar surface area (TPSA) is 73.2 Å². The first-order chi connectivity index (χ1) is 12.4. The fourth-order valence-electron chi connectivity index (χ4n) is 2.76. The lowest BCUT2D eigenvalue weighted by Gasteiger charge is -2.17. The van der Waals surface area contributed by atoms with Crippen LogP contribution in [0.1, 0.15) is 29.1 Å². The molecule has 1 N–H and O–H groups in total. The Kier molecular flexibility index (Phi) is 4.95. The molecule has 0 bridgehead atoms. The van der Waals surface area contributed by atoms with Crippen molar-refractivity contribution in [1.82, 2.24) is 14.9 Å². The number of amides is 1. The SMILES string of the molecule is COc1cccc(C(=O)N[C@@H](C)c2nc3cc(Cl)ccc3c(=O)n2C)c1. The average Bonchev–Trinajstić information content (AvgIpc) is 2.64. The zero-order valence-corrected chi connectivity index (χ0v) is 15.4. The summed E-state index contributed by atoms with van der Waals surface area (Å²) in [5.74, 6) is 0.758. The van der Waals surface area contributed by atoms with E-state index in [1.807, 2.05) is 0 Å². The van der Waals surface area contributed by atoms with Gasteiger partial charge in [0, 0.05) is 17.6 Å². The summed E-state index contributed by atoms with van der Waals surface area (Å²) < 4.78 is 6.58. The predicted octanol–water partition coefficient (Wildman–Crippen LogP) is 3.09. The molecule has 0 fully saturated rings. The van der Waals surface area contributed by atoms with Gasteiger partial charge < -0.3 is 10.1 Å². The molecule has 6 nitrogen and oxygen atoms in total. The highest BCUT2D eigenvalue weighted by Crippen LogP contribution is 2.18. The van der Waals surface area contributed by atoms with Gasteiger partial charge in [0.1, 0.15) is 11.6 Å². The minimum atomic E-state index is -0.477. The zero-order valence-electron chi connectivity index (χ0n) is 14.6. The molecule has 134 valence electrons. The molecule has 0 spiro atoms. The van der Waals surface area contributed by atoms with E-state index in [9.17, 15) is 9.59 Å². The van der Waals surface area contributed by atoms with Crippen molar-refractivity contribution in [3.63, 3.8) is 0 Å². The van der Waals surface area contributed by atoms with Crippen molar-refractivity contribution in [2.75, 3.05) is 7.11 Å². The van der Waals surface area contributed by atoms with Gasteiger partial charge in [-0.05, 0) is 43.3 Å². The molecule has 1 amide bonds. The van der Waals surface area contributed by atoms with Crippen LogP contribution >= 0.6 is 11.6 Å². The van der Waals surface area contributed by atoms with Crippen LogP contribution < -0.4 is 15.6 Å². The van der Waals surface area contributed by atoms with Gasteiger partial charge in [-0.2, -0.15) is 0 Å². The van der Waals surface area contributed by atoms with E-state index in [1.165, 1.54) is 4.57 Å². The molecule has 0 aliphatic rings. The number of carbonyl (C=O) groups excluding carboxylic acids is 1. The number of benzene rings is 2. The summed E-state index contributed by atoms with van der Waals surface area (Å²) in [4.78, 5) is 29.6. The highest BCUT2D eigenvalue weighted by atomic mass is 35.5. The molecule has 2 aromatic carbocycles. The molecule has 3 aromatic rings. The summed E-state index contributed by atoms with van der Waals surface area (Å²) in [6.45, 7) is 1.77. The Bertz CT molecular complexity index is 1050. The van der Waals surface area contributed by atoms with Crippen LogP contribution in [0.4, 0.5) is 0 Å². The van der Waals surface area contributed by atoms with Crippen molar-refractivity contribution >= 4 is 28.4 Å². The van der Waals surface area contributed by atoms with Gasteiger partial charge in [-0.1, -0.05) is 17.7 Å². The third-order valence-corrected chi connectivity index (χ3v) is 4.38. The first-order valence-electron chi connectivity index (χ1n) is 8.02. The van der Waals surface area contributed by atoms with Gasteiger partial charge in [0.15, 0.2) is 0 Å². The lowest BCUT2D eigenvalue weighted by molar-refractivity contribution is 0.0937. The third-order valence-electron chi connectivity index (χ3n) is 4.14. The molecule has 0 unspecified atom stereocenters. The van der Waals surface area contributed by atoms with Gasteiger partial charge in [-0.3, -0.25) is 14.2 Å². The van der Waals surface area contributed by atoms with Gasteiger partial charge in [-0.15, -0.1) is 0 Å². The molecule has 3 rings (SSSR count). The number of carbonyl (C=O) groups is 1. The summed E-state index contributed by atoms with van der Waals surface area (Å²) in [5, 5.41) is 3.84. The van der Waals surface area contributed by atoms with Crippen LogP contribution in [0.3, 0.4) is 0 Å².